The van der Waals surface area contributed by atoms with Crippen LogP contribution >= 0.6 is 0 Å². The van der Waals surface area contributed by atoms with Crippen molar-refractivity contribution in [3.63, 3.8) is 0 Å². The fourth-order valence-corrected chi connectivity index (χ4v) is 5.06. The normalized spacial score (nSPS) is 21.6. The Morgan fingerprint density at radius 3 is 2.61 bits per heavy atom. The minimum atomic E-state index is -0.0552. The van der Waals surface area contributed by atoms with Crippen molar-refractivity contribution in [3.05, 3.63) is 65.2 Å². The molecule has 2 unspecified atom stereocenters. The van der Waals surface area contributed by atoms with Crippen molar-refractivity contribution < 1.29 is 14.2 Å². The maximum Gasteiger partial charge on any atom is 0.122 e. The first-order chi connectivity index (χ1) is 16.2. The average molecular weight is 452 g/mol. The highest BCUT2D eigenvalue weighted by Crippen LogP contribution is 2.34. The van der Waals surface area contributed by atoms with Crippen LogP contribution < -0.4 is 10.5 Å². The first kappa shape index (κ1) is 23.7. The van der Waals surface area contributed by atoms with Gasteiger partial charge in [0.05, 0.1) is 39.1 Å². The van der Waals surface area contributed by atoms with Crippen LogP contribution in [0.4, 0.5) is 0 Å². The molecule has 2 N–H and O–H groups in total. The Labute approximate surface area is 197 Å². The van der Waals surface area contributed by atoms with Gasteiger partial charge in [0.1, 0.15) is 11.6 Å². The third-order valence-electron chi connectivity index (χ3n) is 6.97. The summed E-state index contributed by atoms with van der Waals surface area (Å²) in [5.74, 6) is 2.10. The van der Waals surface area contributed by atoms with Crippen LogP contribution in [0, 0.1) is 12.8 Å². The number of aliphatic imine (C=N–C) groups is 1. The summed E-state index contributed by atoms with van der Waals surface area (Å²) in [7, 11) is 1.72. The Hall–Kier alpha value is -2.41. The third kappa shape index (κ3) is 5.94. The van der Waals surface area contributed by atoms with E-state index in [1.165, 1.54) is 11.1 Å². The Morgan fingerprint density at radius 2 is 1.91 bits per heavy atom. The molecule has 6 heteroatoms. The lowest BCUT2D eigenvalue weighted by molar-refractivity contribution is -0.119. The second-order valence-corrected chi connectivity index (χ2v) is 8.98. The van der Waals surface area contributed by atoms with Crippen molar-refractivity contribution in [3.8, 4) is 5.75 Å². The van der Waals surface area contributed by atoms with Gasteiger partial charge in [-0.1, -0.05) is 42.5 Å². The van der Waals surface area contributed by atoms with E-state index in [2.05, 4.69) is 42.2 Å². The molecule has 6 nitrogen and oxygen atoms in total. The van der Waals surface area contributed by atoms with E-state index in [9.17, 15) is 0 Å². The summed E-state index contributed by atoms with van der Waals surface area (Å²) in [6.07, 6.45) is 3.25. The van der Waals surface area contributed by atoms with Gasteiger partial charge in [0.15, 0.2) is 0 Å². The number of hydrogen-bond donors (Lipinski definition) is 1. The van der Waals surface area contributed by atoms with Gasteiger partial charge in [-0.15, -0.1) is 0 Å². The molecule has 0 radical (unpaired) electrons. The number of hydrogen-bond acceptors (Lipinski definition) is 5. The number of rotatable bonds is 8. The first-order valence-electron chi connectivity index (χ1n) is 12.1. The Bertz CT molecular complexity index is 904. The highest BCUT2D eigenvalue weighted by Gasteiger charge is 2.34. The van der Waals surface area contributed by atoms with Crippen LogP contribution in [0.2, 0.25) is 0 Å². The number of benzene rings is 2. The lowest BCUT2D eigenvalue weighted by Crippen LogP contribution is -2.46. The zero-order chi connectivity index (χ0) is 23.0. The van der Waals surface area contributed by atoms with Gasteiger partial charge < -0.3 is 19.9 Å². The molecule has 2 heterocycles. The molecule has 0 aromatic heterocycles. The summed E-state index contributed by atoms with van der Waals surface area (Å²) in [5.41, 5.74) is 10.3. The van der Waals surface area contributed by atoms with Crippen LogP contribution in [-0.2, 0) is 15.9 Å². The summed E-state index contributed by atoms with van der Waals surface area (Å²) in [6, 6.07) is 16.6. The molecule has 0 saturated carbocycles. The minimum Gasteiger partial charge on any atom is -0.496 e. The van der Waals surface area contributed by atoms with Crippen molar-refractivity contribution in [1.82, 2.24) is 4.90 Å². The first-order valence-corrected chi connectivity index (χ1v) is 12.1. The summed E-state index contributed by atoms with van der Waals surface area (Å²) >= 11 is 0. The molecule has 0 bridgehead atoms. The summed E-state index contributed by atoms with van der Waals surface area (Å²) in [5, 5.41) is 0. The zero-order valence-corrected chi connectivity index (χ0v) is 19.9. The van der Waals surface area contributed by atoms with Gasteiger partial charge in [-0.25, -0.2) is 0 Å². The average Bonchev–Trinajstić information content (AvgIpc) is 2.87. The highest BCUT2D eigenvalue weighted by atomic mass is 16.6. The van der Waals surface area contributed by atoms with Gasteiger partial charge in [-0.2, -0.15) is 0 Å². The molecule has 2 fully saturated rings. The van der Waals surface area contributed by atoms with Gasteiger partial charge in [0, 0.05) is 6.54 Å². The van der Waals surface area contributed by atoms with Crippen LogP contribution in [-0.4, -0.2) is 63.4 Å². The molecule has 0 aliphatic carbocycles. The molecule has 0 amide bonds. The summed E-state index contributed by atoms with van der Waals surface area (Å²) < 4.78 is 17.2. The highest BCUT2D eigenvalue weighted by molar-refractivity contribution is 5.87. The van der Waals surface area contributed by atoms with Gasteiger partial charge >= 0.3 is 0 Å². The molecule has 4 rings (SSSR count). The lowest BCUT2D eigenvalue weighted by Gasteiger charge is -2.41. The third-order valence-corrected chi connectivity index (χ3v) is 6.97. The van der Waals surface area contributed by atoms with Crippen LogP contribution in [0.5, 0.6) is 5.75 Å². The van der Waals surface area contributed by atoms with E-state index in [0.717, 1.165) is 43.7 Å². The van der Waals surface area contributed by atoms with Gasteiger partial charge in [0.25, 0.3) is 0 Å². The molecule has 2 aromatic carbocycles. The standard InChI is InChI=1S/C27H37N3O3/c1-20-23(9-6-10-24(20)31-2)26(27(28)29-14-11-21-7-4-3-5-8-21)30-15-12-22(13-16-30)25-19-32-17-18-33-25/h3-10,22,25-26H,11-19H2,1-2H3,(H2,28,29). The van der Waals surface area contributed by atoms with Crippen molar-refractivity contribution in [2.75, 3.05) is 46.6 Å². The van der Waals surface area contributed by atoms with Crippen LogP contribution in [0.1, 0.15) is 35.6 Å². The van der Waals surface area contributed by atoms with Crippen molar-refractivity contribution in [1.29, 1.82) is 0 Å². The maximum atomic E-state index is 6.71. The molecule has 0 spiro atoms. The van der Waals surface area contributed by atoms with Crippen molar-refractivity contribution >= 4 is 5.84 Å². The molecule has 2 saturated heterocycles. The SMILES string of the molecule is COc1cccc(C(C(N)=NCCc2ccccc2)N2CCC(C3COCCO3)CC2)c1C. The van der Waals surface area contributed by atoms with Crippen LogP contribution in [0.15, 0.2) is 53.5 Å². The number of nitrogens with zero attached hydrogens (tertiary/aromatic N) is 2. The van der Waals surface area contributed by atoms with Crippen molar-refractivity contribution in [2.45, 2.75) is 38.3 Å². The van der Waals surface area contributed by atoms with E-state index in [1.54, 1.807) is 7.11 Å². The molecular weight excluding hydrogens is 414 g/mol. The number of likely N-dealkylation sites (tertiary alicyclic amines) is 1. The fourth-order valence-electron chi connectivity index (χ4n) is 5.06. The molecule has 2 aromatic rings. The molecule has 33 heavy (non-hydrogen) atoms. The number of amidine groups is 1. The molecule has 2 aliphatic rings. The quantitative estimate of drug-likeness (QED) is 0.489. The van der Waals surface area contributed by atoms with E-state index >= 15 is 0 Å². The molecular formula is C27H37N3O3. The number of methoxy groups -OCH3 is 1. The van der Waals surface area contributed by atoms with Crippen LogP contribution in [0.3, 0.4) is 0 Å². The smallest absolute Gasteiger partial charge is 0.122 e. The predicted octanol–water partition coefficient (Wildman–Crippen LogP) is 3.77. The van der Waals surface area contributed by atoms with Crippen molar-refractivity contribution in [2.24, 2.45) is 16.6 Å². The number of piperidine rings is 1. The topological polar surface area (TPSA) is 69.3 Å². The molecule has 178 valence electrons. The molecule has 2 atom stereocenters. The lowest BCUT2D eigenvalue weighted by atomic mass is 9.88. The van der Waals surface area contributed by atoms with Crippen LogP contribution in [0.25, 0.3) is 0 Å². The Kier molecular flexibility index (Phi) is 8.37. The monoisotopic (exact) mass is 451 g/mol. The Balaban J connectivity index is 1.51. The molecule has 2 aliphatic heterocycles. The van der Waals surface area contributed by atoms with Gasteiger partial charge in [0.2, 0.25) is 0 Å². The largest absolute Gasteiger partial charge is 0.496 e. The summed E-state index contributed by atoms with van der Waals surface area (Å²) in [4.78, 5) is 7.32. The minimum absolute atomic E-state index is 0.0552. The maximum absolute atomic E-state index is 6.71. The Morgan fingerprint density at radius 1 is 1.12 bits per heavy atom. The fraction of sp³-hybridized carbons (Fsp3) is 0.519. The van der Waals surface area contributed by atoms with E-state index in [0.29, 0.717) is 38.1 Å². The second kappa shape index (κ2) is 11.6. The van der Waals surface area contributed by atoms with E-state index in [4.69, 9.17) is 24.9 Å². The van der Waals surface area contributed by atoms with Gasteiger partial charge in [-0.3, -0.25) is 9.89 Å². The van der Waals surface area contributed by atoms with E-state index in [-0.39, 0.29) is 12.1 Å². The van der Waals surface area contributed by atoms with E-state index < -0.39 is 0 Å². The number of ether oxygens (including phenoxy) is 3. The zero-order valence-electron chi connectivity index (χ0n) is 19.9. The second-order valence-electron chi connectivity index (χ2n) is 8.98. The van der Waals surface area contributed by atoms with Gasteiger partial charge in [-0.05, 0) is 68.0 Å². The summed E-state index contributed by atoms with van der Waals surface area (Å²) in [6.45, 7) is 6.84. The van der Waals surface area contributed by atoms with E-state index in [1.807, 2.05) is 18.2 Å². The number of nitrogens with two attached hydrogens (primary N) is 1. The predicted molar refractivity (Wildman–Crippen MR) is 132 cm³/mol.